The Morgan fingerprint density at radius 2 is 1.25 bits per heavy atom. The van der Waals surface area contributed by atoms with Gasteiger partial charge in [0.1, 0.15) is 0 Å². The molecule has 1 unspecified atom stereocenters. The third kappa shape index (κ3) is 6.25. The van der Waals surface area contributed by atoms with Crippen LogP contribution in [0.4, 0.5) is 26.3 Å². The quantitative estimate of drug-likeness (QED) is 0.268. The van der Waals surface area contributed by atoms with Crippen molar-refractivity contribution >= 4 is 32.0 Å². The number of cyclic esters (lactones) is 1. The van der Waals surface area contributed by atoms with E-state index in [0.29, 0.717) is 0 Å². The molecule has 17 heteroatoms. The summed E-state index contributed by atoms with van der Waals surface area (Å²) in [6.45, 7) is 0. The molecule has 1 aliphatic heterocycles. The summed E-state index contributed by atoms with van der Waals surface area (Å²) >= 11 is 0. The van der Waals surface area contributed by atoms with Gasteiger partial charge in [0.05, 0.1) is 0 Å². The first kappa shape index (κ1) is 23.5. The summed E-state index contributed by atoms with van der Waals surface area (Å²) in [5.41, 5.74) is -10.9. The van der Waals surface area contributed by atoms with Crippen LogP contribution < -0.4 is 9.44 Å². The van der Waals surface area contributed by atoms with E-state index in [1.54, 1.807) is 0 Å². The molecular weight excluding hydrogens is 448 g/mol. The first-order valence-corrected chi connectivity index (χ1v) is 9.47. The lowest BCUT2D eigenvalue weighted by atomic mass is 10.2. The zero-order valence-electron chi connectivity index (χ0n) is 13.0. The molecule has 9 nitrogen and oxygen atoms in total. The number of epoxide rings is 1. The maximum atomic E-state index is 11.7. The van der Waals surface area contributed by atoms with Crippen molar-refractivity contribution in [1.82, 2.24) is 9.44 Å². The number of guanidine groups is 1. The minimum absolute atomic E-state index is 0.119. The van der Waals surface area contributed by atoms with Crippen molar-refractivity contribution in [3.8, 4) is 0 Å². The SMILES string of the molecule is N=C(NS(=O)(=O)C(F)(F)F)NS(=O)(=O)C(F)(F)F.O=C1OC1c1ccccc1. The second-order valence-corrected chi connectivity index (χ2v) is 8.05. The molecule has 28 heavy (non-hydrogen) atoms. The zero-order chi connectivity index (χ0) is 22.0. The number of benzene rings is 1. The van der Waals surface area contributed by atoms with Crippen LogP contribution in [0.25, 0.3) is 0 Å². The molecule has 3 N–H and O–H groups in total. The highest BCUT2D eigenvalue weighted by atomic mass is 32.2. The number of halogens is 6. The van der Waals surface area contributed by atoms with E-state index in [4.69, 9.17) is 5.41 Å². The number of carbonyl (C=O) groups is 1. The standard InChI is InChI=1S/C8H6O2.C3H3F6N3O4S2/c9-8-7(10-8)6-4-2-1-3-5-6;4-2(5,6)17(13,14)11-1(10)12-18(15,16)3(7,8)9/h1-5,7H;(H3,10,11,12). The van der Waals surface area contributed by atoms with Crippen molar-refractivity contribution in [2.45, 2.75) is 17.1 Å². The van der Waals surface area contributed by atoms with Gasteiger partial charge in [-0.3, -0.25) is 5.41 Å². The molecule has 2 rings (SSSR count). The van der Waals surface area contributed by atoms with Gasteiger partial charge >= 0.3 is 37.0 Å². The van der Waals surface area contributed by atoms with Crippen molar-refractivity contribution in [2.75, 3.05) is 0 Å². The minimum Gasteiger partial charge on any atom is -0.442 e. The summed E-state index contributed by atoms with van der Waals surface area (Å²) in [6.07, 6.45) is -0.263. The largest absolute Gasteiger partial charge is 0.516 e. The number of carbonyl (C=O) groups excluding carboxylic acids is 1. The summed E-state index contributed by atoms with van der Waals surface area (Å²) < 4.78 is 117. The van der Waals surface area contributed by atoms with Crippen LogP contribution in [0.5, 0.6) is 0 Å². The Labute approximate surface area is 153 Å². The van der Waals surface area contributed by atoms with Gasteiger partial charge in [-0.25, -0.2) is 14.2 Å². The average Bonchev–Trinajstić information content (AvgIpc) is 3.22. The van der Waals surface area contributed by atoms with E-state index in [-0.39, 0.29) is 21.5 Å². The summed E-state index contributed by atoms with van der Waals surface area (Å²) in [5, 5.41) is 6.38. The maximum absolute atomic E-state index is 11.7. The molecule has 1 aromatic rings. The number of rotatable bonds is 3. The number of sulfonamides is 2. The lowest BCUT2D eigenvalue weighted by Gasteiger charge is -2.13. The second kappa shape index (κ2) is 7.82. The summed E-state index contributed by atoms with van der Waals surface area (Å²) in [4.78, 5) is 10.5. The van der Waals surface area contributed by atoms with E-state index in [1.807, 2.05) is 30.3 Å². The van der Waals surface area contributed by atoms with Gasteiger partial charge in [0.25, 0.3) is 0 Å². The third-order valence-electron chi connectivity index (χ3n) is 2.58. The van der Waals surface area contributed by atoms with Gasteiger partial charge in [-0.05, 0) is 0 Å². The fourth-order valence-electron chi connectivity index (χ4n) is 1.32. The Hall–Kier alpha value is -2.56. The first-order chi connectivity index (χ1) is 12.5. The molecule has 1 saturated heterocycles. The van der Waals surface area contributed by atoms with Gasteiger partial charge in [0.2, 0.25) is 12.1 Å². The van der Waals surface area contributed by atoms with E-state index in [2.05, 4.69) is 4.74 Å². The third-order valence-corrected chi connectivity index (χ3v) is 4.74. The predicted octanol–water partition coefficient (Wildman–Crippen LogP) is 1.08. The van der Waals surface area contributed by atoms with E-state index in [9.17, 15) is 48.0 Å². The number of hydrogen-bond acceptors (Lipinski definition) is 7. The number of nitrogens with one attached hydrogen (secondary N) is 3. The van der Waals surface area contributed by atoms with Crippen LogP contribution in [-0.4, -0.2) is 39.8 Å². The Bertz CT molecular complexity index is 895. The molecule has 0 radical (unpaired) electrons. The normalized spacial score (nSPS) is 16.9. The Morgan fingerprint density at radius 1 is 0.893 bits per heavy atom. The fraction of sp³-hybridized carbons (Fsp3) is 0.273. The van der Waals surface area contributed by atoms with Crippen LogP contribution in [0.1, 0.15) is 11.7 Å². The van der Waals surface area contributed by atoms with E-state index in [0.717, 1.165) is 5.56 Å². The molecule has 1 atom stereocenters. The molecular formula is C11H9F6N3O6S2. The highest BCUT2D eigenvalue weighted by Gasteiger charge is 2.49. The highest BCUT2D eigenvalue weighted by molar-refractivity contribution is 7.92. The zero-order valence-corrected chi connectivity index (χ0v) is 14.6. The van der Waals surface area contributed by atoms with Crippen molar-refractivity contribution in [3.05, 3.63) is 35.9 Å². The van der Waals surface area contributed by atoms with Crippen molar-refractivity contribution in [3.63, 3.8) is 0 Å². The van der Waals surface area contributed by atoms with E-state index < -0.39 is 37.0 Å². The molecule has 0 bridgehead atoms. The molecule has 158 valence electrons. The Kier molecular flexibility index (Phi) is 6.56. The minimum atomic E-state index is -6.18. The molecule has 0 aliphatic carbocycles. The molecule has 1 heterocycles. The molecule has 1 aromatic carbocycles. The Morgan fingerprint density at radius 3 is 1.54 bits per heavy atom. The topological polar surface area (TPSA) is 146 Å². The predicted molar refractivity (Wildman–Crippen MR) is 79.2 cm³/mol. The molecule has 1 aliphatic rings. The number of alkyl halides is 6. The van der Waals surface area contributed by atoms with Crippen LogP contribution in [0, 0.1) is 5.41 Å². The number of hydrogen-bond donors (Lipinski definition) is 3. The lowest BCUT2D eigenvalue weighted by Crippen LogP contribution is -2.50. The van der Waals surface area contributed by atoms with Crippen LogP contribution in [0.2, 0.25) is 0 Å². The van der Waals surface area contributed by atoms with Crippen LogP contribution in [0.15, 0.2) is 30.3 Å². The van der Waals surface area contributed by atoms with Crippen molar-refractivity contribution in [1.29, 1.82) is 5.41 Å². The van der Waals surface area contributed by atoms with Crippen LogP contribution in [0.3, 0.4) is 0 Å². The summed E-state index contributed by atoms with van der Waals surface area (Å²) in [7, 11) is -12.4. The van der Waals surface area contributed by atoms with Gasteiger partial charge in [-0.1, -0.05) is 30.3 Å². The molecule has 1 fully saturated rings. The smallest absolute Gasteiger partial charge is 0.442 e. The van der Waals surface area contributed by atoms with E-state index >= 15 is 0 Å². The molecule has 0 spiro atoms. The molecule has 0 saturated carbocycles. The summed E-state index contributed by atoms with van der Waals surface area (Å²) in [6, 6.07) is 9.47. The van der Waals surface area contributed by atoms with Crippen LogP contribution >= 0.6 is 0 Å². The van der Waals surface area contributed by atoms with Gasteiger partial charge in [0.15, 0.2) is 0 Å². The first-order valence-electron chi connectivity index (χ1n) is 6.50. The van der Waals surface area contributed by atoms with Crippen LogP contribution in [-0.2, 0) is 29.6 Å². The second-order valence-electron chi connectivity index (χ2n) is 4.71. The molecule has 0 aromatic heterocycles. The fourth-order valence-corrected chi connectivity index (χ4v) is 2.25. The monoisotopic (exact) mass is 457 g/mol. The Balaban J connectivity index is 0.000000324. The summed E-state index contributed by atoms with van der Waals surface area (Å²) in [5.74, 6) is -2.34. The van der Waals surface area contributed by atoms with Gasteiger partial charge in [0, 0.05) is 5.56 Å². The number of ether oxygens (including phenoxy) is 1. The highest BCUT2D eigenvalue weighted by Crippen LogP contribution is 2.31. The van der Waals surface area contributed by atoms with Gasteiger partial charge in [-0.2, -0.15) is 43.2 Å². The lowest BCUT2D eigenvalue weighted by molar-refractivity contribution is -0.117. The van der Waals surface area contributed by atoms with Crippen molar-refractivity contribution < 1.29 is 52.7 Å². The van der Waals surface area contributed by atoms with Gasteiger partial charge < -0.3 is 4.74 Å². The average molecular weight is 457 g/mol. The van der Waals surface area contributed by atoms with Gasteiger partial charge in [-0.15, -0.1) is 0 Å². The van der Waals surface area contributed by atoms with E-state index in [1.165, 1.54) is 0 Å². The maximum Gasteiger partial charge on any atom is 0.516 e. The van der Waals surface area contributed by atoms with Crippen molar-refractivity contribution in [2.24, 2.45) is 0 Å². The molecule has 0 amide bonds.